The summed E-state index contributed by atoms with van der Waals surface area (Å²) in [5, 5.41) is 11.5. The molecule has 17 heavy (non-hydrogen) atoms. The Labute approximate surface area is 109 Å². The predicted molar refractivity (Wildman–Crippen MR) is 72.1 cm³/mol. The van der Waals surface area contributed by atoms with E-state index in [0.29, 0.717) is 10.9 Å². The number of halogens is 1. The molecule has 0 heterocycles. The van der Waals surface area contributed by atoms with Crippen LogP contribution >= 0.6 is 11.6 Å². The maximum Gasteiger partial charge on any atom is 0.0897 e. The van der Waals surface area contributed by atoms with Gasteiger partial charge in [0, 0.05) is 5.02 Å². The highest BCUT2D eigenvalue weighted by molar-refractivity contribution is 6.30. The lowest BCUT2D eigenvalue weighted by atomic mass is 9.72. The fraction of sp³-hybridized carbons (Fsp3) is 0.600. The molecule has 1 aromatic carbocycles. The van der Waals surface area contributed by atoms with E-state index in [2.05, 4.69) is 6.92 Å². The highest BCUT2D eigenvalue weighted by Crippen LogP contribution is 2.41. The van der Waals surface area contributed by atoms with E-state index in [9.17, 15) is 5.11 Å². The Bertz CT molecular complexity index is 378. The van der Waals surface area contributed by atoms with Crippen molar-refractivity contribution < 1.29 is 5.11 Å². The lowest BCUT2D eigenvalue weighted by Crippen LogP contribution is -2.34. The Kier molecular flexibility index (Phi) is 3.79. The molecule has 0 aliphatic heterocycles. The molecule has 1 fully saturated rings. The molecule has 1 unspecified atom stereocenters. The predicted octanol–water partition coefficient (Wildman–Crippen LogP) is 4.37. The number of benzene rings is 1. The van der Waals surface area contributed by atoms with Crippen molar-refractivity contribution in [1.29, 1.82) is 0 Å². The van der Waals surface area contributed by atoms with E-state index in [1.807, 2.05) is 31.2 Å². The van der Waals surface area contributed by atoms with Crippen LogP contribution in [0.1, 0.15) is 45.1 Å². The normalized spacial score (nSPS) is 28.7. The number of aliphatic hydroxyl groups is 1. The molecule has 1 N–H and O–H groups in total. The molecular weight excluding hydrogens is 232 g/mol. The van der Waals surface area contributed by atoms with E-state index in [-0.39, 0.29) is 0 Å². The molecule has 2 rings (SSSR count). The molecule has 1 aliphatic carbocycles. The van der Waals surface area contributed by atoms with Gasteiger partial charge in [0.2, 0.25) is 0 Å². The zero-order chi connectivity index (χ0) is 12.5. The van der Waals surface area contributed by atoms with Gasteiger partial charge in [-0.25, -0.2) is 0 Å². The van der Waals surface area contributed by atoms with E-state index in [1.165, 1.54) is 12.8 Å². The van der Waals surface area contributed by atoms with Crippen molar-refractivity contribution in [1.82, 2.24) is 0 Å². The molecule has 2 heteroatoms. The summed E-state index contributed by atoms with van der Waals surface area (Å²) in [6, 6.07) is 7.63. The van der Waals surface area contributed by atoms with Gasteiger partial charge in [0.1, 0.15) is 0 Å². The van der Waals surface area contributed by atoms with Gasteiger partial charge in [-0.05, 0) is 49.3 Å². The topological polar surface area (TPSA) is 20.2 Å². The van der Waals surface area contributed by atoms with Gasteiger partial charge in [-0.3, -0.25) is 0 Å². The van der Waals surface area contributed by atoms with Crippen LogP contribution in [0.15, 0.2) is 24.3 Å². The molecule has 1 atom stereocenters. The van der Waals surface area contributed by atoms with Crippen LogP contribution < -0.4 is 0 Å². The molecular formula is C15H21ClO. The Morgan fingerprint density at radius 3 is 2.47 bits per heavy atom. The van der Waals surface area contributed by atoms with Crippen LogP contribution in [0.3, 0.4) is 0 Å². The minimum Gasteiger partial charge on any atom is -0.385 e. The summed E-state index contributed by atoms with van der Waals surface area (Å²) in [5.74, 6) is 1.17. The molecule has 0 bridgehead atoms. The molecule has 0 spiro atoms. The monoisotopic (exact) mass is 252 g/mol. The third-order valence-electron chi connectivity index (χ3n) is 4.22. The maximum atomic E-state index is 10.8. The van der Waals surface area contributed by atoms with Gasteiger partial charge in [-0.2, -0.15) is 0 Å². The summed E-state index contributed by atoms with van der Waals surface area (Å²) in [4.78, 5) is 0. The first-order valence-electron chi connectivity index (χ1n) is 6.48. The number of rotatable bonds is 2. The molecule has 1 aromatic rings. The van der Waals surface area contributed by atoms with E-state index >= 15 is 0 Å². The minimum atomic E-state index is -0.745. The molecule has 0 radical (unpaired) electrons. The summed E-state index contributed by atoms with van der Waals surface area (Å²) in [6.07, 6.45) is 4.67. The largest absolute Gasteiger partial charge is 0.385 e. The van der Waals surface area contributed by atoms with Crippen molar-refractivity contribution in [2.75, 3.05) is 0 Å². The van der Waals surface area contributed by atoms with Crippen LogP contribution in [0, 0.1) is 11.8 Å². The maximum absolute atomic E-state index is 10.8. The Morgan fingerprint density at radius 2 is 1.88 bits per heavy atom. The molecule has 0 amide bonds. The van der Waals surface area contributed by atoms with E-state index in [4.69, 9.17) is 11.6 Å². The van der Waals surface area contributed by atoms with Crippen molar-refractivity contribution in [2.45, 2.75) is 45.1 Å². The van der Waals surface area contributed by atoms with Crippen molar-refractivity contribution in [3.63, 3.8) is 0 Å². The number of hydrogen-bond acceptors (Lipinski definition) is 1. The summed E-state index contributed by atoms with van der Waals surface area (Å²) < 4.78 is 0. The molecule has 1 saturated carbocycles. The molecule has 0 aromatic heterocycles. The van der Waals surface area contributed by atoms with Crippen LogP contribution in [0.2, 0.25) is 5.02 Å². The second-order valence-corrected chi connectivity index (χ2v) is 6.05. The second kappa shape index (κ2) is 4.99. The van der Waals surface area contributed by atoms with Crippen molar-refractivity contribution in [2.24, 2.45) is 11.8 Å². The fourth-order valence-corrected chi connectivity index (χ4v) is 3.05. The summed E-state index contributed by atoms with van der Waals surface area (Å²) in [7, 11) is 0. The number of hydrogen-bond donors (Lipinski definition) is 1. The average Bonchev–Trinajstić information content (AvgIpc) is 2.29. The fourth-order valence-electron chi connectivity index (χ4n) is 2.86. The first-order valence-corrected chi connectivity index (χ1v) is 6.86. The van der Waals surface area contributed by atoms with Gasteiger partial charge in [-0.15, -0.1) is 0 Å². The third kappa shape index (κ3) is 2.83. The van der Waals surface area contributed by atoms with Crippen LogP contribution in [0.5, 0.6) is 0 Å². The van der Waals surface area contributed by atoms with E-state index < -0.39 is 5.60 Å². The Morgan fingerprint density at radius 1 is 1.24 bits per heavy atom. The molecule has 0 saturated heterocycles. The van der Waals surface area contributed by atoms with Gasteiger partial charge in [0.05, 0.1) is 5.60 Å². The minimum absolute atomic E-state index is 0.358. The summed E-state index contributed by atoms with van der Waals surface area (Å²) in [6.45, 7) is 4.23. The van der Waals surface area contributed by atoms with Crippen molar-refractivity contribution in [3.05, 3.63) is 34.9 Å². The lowest BCUT2D eigenvalue weighted by molar-refractivity contribution is -0.0264. The quantitative estimate of drug-likeness (QED) is 0.829. The van der Waals surface area contributed by atoms with Gasteiger partial charge in [0.25, 0.3) is 0 Å². The van der Waals surface area contributed by atoms with Gasteiger partial charge in [-0.1, -0.05) is 43.5 Å². The molecule has 1 aliphatic rings. The molecule has 94 valence electrons. The standard InChI is InChI=1S/C15H21ClO/c1-11-6-8-12(9-7-11)15(2,17)13-4-3-5-14(16)10-13/h3-5,10-12,17H,6-9H2,1-2H3. The second-order valence-electron chi connectivity index (χ2n) is 5.61. The van der Waals surface area contributed by atoms with Crippen LogP contribution in [-0.2, 0) is 5.60 Å². The Balaban J connectivity index is 2.18. The van der Waals surface area contributed by atoms with Crippen molar-refractivity contribution in [3.8, 4) is 0 Å². The van der Waals surface area contributed by atoms with Gasteiger partial charge >= 0.3 is 0 Å². The summed E-state index contributed by atoms with van der Waals surface area (Å²) in [5.41, 5.74) is 0.204. The van der Waals surface area contributed by atoms with Gasteiger partial charge in [0.15, 0.2) is 0 Å². The van der Waals surface area contributed by atoms with E-state index in [0.717, 1.165) is 24.3 Å². The first-order chi connectivity index (χ1) is 8.00. The first kappa shape index (κ1) is 12.9. The van der Waals surface area contributed by atoms with Crippen LogP contribution in [-0.4, -0.2) is 5.11 Å². The van der Waals surface area contributed by atoms with Gasteiger partial charge < -0.3 is 5.11 Å². The van der Waals surface area contributed by atoms with Crippen molar-refractivity contribution >= 4 is 11.6 Å². The smallest absolute Gasteiger partial charge is 0.0897 e. The summed E-state index contributed by atoms with van der Waals surface area (Å²) >= 11 is 6.00. The Hall–Kier alpha value is -0.530. The highest BCUT2D eigenvalue weighted by atomic mass is 35.5. The van der Waals surface area contributed by atoms with Crippen LogP contribution in [0.4, 0.5) is 0 Å². The zero-order valence-electron chi connectivity index (χ0n) is 10.6. The third-order valence-corrected chi connectivity index (χ3v) is 4.45. The van der Waals surface area contributed by atoms with Crippen LogP contribution in [0.25, 0.3) is 0 Å². The average molecular weight is 253 g/mol. The lowest BCUT2D eigenvalue weighted by Gasteiger charge is -2.37. The molecule has 1 nitrogen and oxygen atoms in total. The SMILES string of the molecule is CC1CCC(C(C)(O)c2cccc(Cl)c2)CC1. The van der Waals surface area contributed by atoms with E-state index in [1.54, 1.807) is 0 Å². The zero-order valence-corrected chi connectivity index (χ0v) is 11.4. The highest BCUT2D eigenvalue weighted by Gasteiger charge is 2.35.